The quantitative estimate of drug-likeness (QED) is 0.332. The zero-order valence-electron chi connectivity index (χ0n) is 6.88. The van der Waals surface area contributed by atoms with Gasteiger partial charge in [0, 0.05) is 5.56 Å². The Morgan fingerprint density at radius 1 is 1.00 bits per heavy atom. The Kier molecular flexibility index (Phi) is 3.31. The largest absolute Gasteiger partial charge is 0.203 e. The number of benzene rings is 1. The fourth-order valence-corrected chi connectivity index (χ4v) is 1.32. The fraction of sp³-hybridized carbons (Fsp3) is 0.111. The van der Waals surface area contributed by atoms with E-state index in [9.17, 15) is 17.6 Å². The first-order chi connectivity index (χ1) is 6.50. The minimum Gasteiger partial charge on any atom is -0.203 e. The first kappa shape index (κ1) is 11.2. The van der Waals surface area contributed by atoms with Crippen LogP contribution in [-0.2, 0) is 6.42 Å². The molecule has 0 nitrogen and oxygen atoms in total. The molecule has 1 rings (SSSR count). The molecule has 0 heterocycles. The molecular formula is C9H5BrF4. The maximum absolute atomic E-state index is 13.0. The van der Waals surface area contributed by atoms with Gasteiger partial charge >= 0.3 is 0 Å². The van der Waals surface area contributed by atoms with Gasteiger partial charge in [0.15, 0.2) is 23.3 Å². The van der Waals surface area contributed by atoms with E-state index >= 15 is 0 Å². The van der Waals surface area contributed by atoms with Gasteiger partial charge in [0.05, 0.1) is 4.47 Å². The summed E-state index contributed by atoms with van der Waals surface area (Å²) in [4.78, 5) is 0. The Morgan fingerprint density at radius 2 is 1.43 bits per heavy atom. The van der Waals surface area contributed by atoms with E-state index in [4.69, 9.17) is 0 Å². The molecular weight excluding hydrogens is 264 g/mol. The van der Waals surface area contributed by atoms with Crippen molar-refractivity contribution in [1.29, 1.82) is 0 Å². The Balaban J connectivity index is 3.50. The first-order valence-electron chi connectivity index (χ1n) is 3.61. The summed E-state index contributed by atoms with van der Waals surface area (Å²) in [5, 5.41) is 0. The molecule has 0 bridgehead atoms. The van der Waals surface area contributed by atoms with Crippen molar-refractivity contribution < 1.29 is 17.6 Å². The monoisotopic (exact) mass is 268 g/mol. The van der Waals surface area contributed by atoms with Crippen LogP contribution in [-0.4, -0.2) is 0 Å². The summed E-state index contributed by atoms with van der Waals surface area (Å²) in [7, 11) is 0. The second kappa shape index (κ2) is 4.13. The molecule has 0 spiro atoms. The highest BCUT2D eigenvalue weighted by molar-refractivity contribution is 9.10. The molecule has 0 unspecified atom stereocenters. The first-order valence-corrected chi connectivity index (χ1v) is 4.41. The second-order valence-corrected chi connectivity index (χ2v) is 3.33. The highest BCUT2D eigenvalue weighted by Crippen LogP contribution is 2.28. The lowest BCUT2D eigenvalue weighted by Crippen LogP contribution is -2.03. The normalized spacial score (nSPS) is 10.4. The number of hydrogen-bond acceptors (Lipinski definition) is 0. The van der Waals surface area contributed by atoms with Gasteiger partial charge in [0.2, 0.25) is 0 Å². The number of hydrogen-bond donors (Lipinski definition) is 0. The summed E-state index contributed by atoms with van der Waals surface area (Å²) >= 11 is 2.41. The molecule has 1 aromatic carbocycles. The van der Waals surface area contributed by atoms with E-state index in [1.807, 2.05) is 0 Å². The summed E-state index contributed by atoms with van der Waals surface area (Å²) in [6.45, 7) is 3.23. The highest BCUT2D eigenvalue weighted by atomic mass is 79.9. The average molecular weight is 269 g/mol. The second-order valence-electron chi connectivity index (χ2n) is 2.54. The van der Waals surface area contributed by atoms with E-state index in [-0.39, 0.29) is 6.42 Å². The van der Waals surface area contributed by atoms with Gasteiger partial charge in [-0.25, -0.2) is 17.6 Å². The van der Waals surface area contributed by atoms with Crippen molar-refractivity contribution in [2.75, 3.05) is 0 Å². The molecule has 1 aromatic rings. The standard InChI is InChI=1S/C9H5BrF4/c1-2-3-4-6(11)8(13)5(10)9(14)7(4)12/h2H,1,3H2. The van der Waals surface area contributed by atoms with Crippen molar-refractivity contribution in [3.8, 4) is 0 Å². The summed E-state index contributed by atoms with van der Waals surface area (Å²) in [5.74, 6) is -5.65. The summed E-state index contributed by atoms with van der Waals surface area (Å²) in [5.41, 5.74) is -0.654. The molecule has 0 fully saturated rings. The van der Waals surface area contributed by atoms with Crippen LogP contribution in [0.15, 0.2) is 17.1 Å². The van der Waals surface area contributed by atoms with Crippen LogP contribution in [0.2, 0.25) is 0 Å². The van der Waals surface area contributed by atoms with Crippen LogP contribution in [0.25, 0.3) is 0 Å². The van der Waals surface area contributed by atoms with Crippen LogP contribution < -0.4 is 0 Å². The van der Waals surface area contributed by atoms with Crippen molar-refractivity contribution in [3.05, 3.63) is 46.0 Å². The maximum atomic E-state index is 13.0. The molecule has 14 heavy (non-hydrogen) atoms. The molecule has 0 aliphatic rings. The molecule has 0 aliphatic heterocycles. The van der Waals surface area contributed by atoms with Gasteiger partial charge in [-0.1, -0.05) is 6.08 Å². The molecule has 0 saturated heterocycles. The number of rotatable bonds is 2. The van der Waals surface area contributed by atoms with Crippen LogP contribution >= 0.6 is 15.9 Å². The lowest BCUT2D eigenvalue weighted by molar-refractivity contribution is 0.435. The third-order valence-electron chi connectivity index (χ3n) is 1.65. The summed E-state index contributed by atoms with van der Waals surface area (Å²) in [6.07, 6.45) is 0.896. The minimum absolute atomic E-state index is 0.265. The molecule has 5 heteroatoms. The van der Waals surface area contributed by atoms with Gasteiger partial charge in [0.1, 0.15) is 0 Å². The van der Waals surface area contributed by atoms with Crippen LogP contribution in [0.3, 0.4) is 0 Å². The van der Waals surface area contributed by atoms with E-state index in [1.54, 1.807) is 0 Å². The third-order valence-corrected chi connectivity index (χ3v) is 2.35. The van der Waals surface area contributed by atoms with Gasteiger partial charge in [-0.05, 0) is 22.4 Å². The van der Waals surface area contributed by atoms with E-state index in [0.717, 1.165) is 6.08 Å². The van der Waals surface area contributed by atoms with Crippen LogP contribution in [0, 0.1) is 23.3 Å². The molecule has 0 aromatic heterocycles. The zero-order chi connectivity index (χ0) is 10.9. The minimum atomic E-state index is -1.43. The Bertz CT molecular complexity index is 358. The SMILES string of the molecule is C=CCc1c(F)c(F)c(Br)c(F)c1F. The van der Waals surface area contributed by atoms with Crippen molar-refractivity contribution in [1.82, 2.24) is 0 Å². The number of allylic oxidation sites excluding steroid dienone is 1. The predicted molar refractivity (Wildman–Crippen MR) is 47.9 cm³/mol. The summed E-state index contributed by atoms with van der Waals surface area (Å²) in [6, 6.07) is 0. The van der Waals surface area contributed by atoms with E-state index in [1.165, 1.54) is 0 Å². The molecule has 76 valence electrons. The van der Waals surface area contributed by atoms with E-state index < -0.39 is 33.3 Å². The molecule has 0 N–H and O–H groups in total. The maximum Gasteiger partial charge on any atom is 0.176 e. The smallest absolute Gasteiger partial charge is 0.176 e. The molecule has 0 radical (unpaired) electrons. The van der Waals surface area contributed by atoms with Crippen molar-refractivity contribution in [2.45, 2.75) is 6.42 Å². The topological polar surface area (TPSA) is 0 Å². The van der Waals surface area contributed by atoms with Gasteiger partial charge in [-0.15, -0.1) is 6.58 Å². The van der Waals surface area contributed by atoms with Gasteiger partial charge in [0.25, 0.3) is 0 Å². The summed E-state index contributed by atoms with van der Waals surface area (Å²) < 4.78 is 51.0. The fourth-order valence-electron chi connectivity index (χ4n) is 0.974. The molecule has 0 aliphatic carbocycles. The van der Waals surface area contributed by atoms with Crippen molar-refractivity contribution in [3.63, 3.8) is 0 Å². The van der Waals surface area contributed by atoms with E-state index in [2.05, 4.69) is 22.5 Å². The van der Waals surface area contributed by atoms with Crippen LogP contribution in [0.4, 0.5) is 17.6 Å². The van der Waals surface area contributed by atoms with Crippen molar-refractivity contribution in [2.24, 2.45) is 0 Å². The van der Waals surface area contributed by atoms with Gasteiger partial charge < -0.3 is 0 Å². The van der Waals surface area contributed by atoms with Crippen LogP contribution in [0.5, 0.6) is 0 Å². The zero-order valence-corrected chi connectivity index (χ0v) is 8.47. The molecule has 0 atom stereocenters. The van der Waals surface area contributed by atoms with E-state index in [0.29, 0.717) is 0 Å². The van der Waals surface area contributed by atoms with Crippen molar-refractivity contribution >= 4 is 15.9 Å². The average Bonchev–Trinajstić information content (AvgIpc) is 2.19. The molecule has 0 saturated carbocycles. The lowest BCUT2D eigenvalue weighted by Gasteiger charge is -2.06. The molecule has 0 amide bonds. The highest BCUT2D eigenvalue weighted by Gasteiger charge is 2.22. The van der Waals surface area contributed by atoms with Gasteiger partial charge in [-0.2, -0.15) is 0 Å². The predicted octanol–water partition coefficient (Wildman–Crippen LogP) is 3.73. The van der Waals surface area contributed by atoms with Gasteiger partial charge in [-0.3, -0.25) is 0 Å². The Morgan fingerprint density at radius 3 is 1.79 bits per heavy atom. The van der Waals surface area contributed by atoms with Crippen LogP contribution in [0.1, 0.15) is 5.56 Å². The lowest BCUT2D eigenvalue weighted by atomic mass is 10.1. The Hall–Kier alpha value is -0.840. The third kappa shape index (κ3) is 1.68. The number of halogens is 5. The Labute approximate surface area is 86.4 Å².